The maximum Gasteiger partial charge on any atom is 0.269 e. The van der Waals surface area contributed by atoms with Crippen molar-refractivity contribution < 1.29 is 14.4 Å². The minimum absolute atomic E-state index is 0.0727. The Kier molecular flexibility index (Phi) is 7.65. The van der Waals surface area contributed by atoms with E-state index in [-0.39, 0.29) is 18.7 Å². The Hall–Kier alpha value is -2.09. The van der Waals surface area contributed by atoms with E-state index in [0.29, 0.717) is 21.3 Å². The van der Waals surface area contributed by atoms with Crippen molar-refractivity contribution >= 4 is 62.5 Å². The average Bonchev–Trinajstić information content (AvgIpc) is 2.62. The molecule has 9 heteroatoms. The van der Waals surface area contributed by atoms with Crippen molar-refractivity contribution in [3.63, 3.8) is 0 Å². The van der Waals surface area contributed by atoms with Crippen LogP contribution in [0.25, 0.3) is 0 Å². The van der Waals surface area contributed by atoms with E-state index in [2.05, 4.69) is 32.1 Å². The van der Waals surface area contributed by atoms with Gasteiger partial charge in [0.25, 0.3) is 5.91 Å². The number of rotatable bonds is 5. The van der Waals surface area contributed by atoms with Crippen LogP contribution >= 0.6 is 39.1 Å². The molecule has 0 heterocycles. The molecular weight excluding hydrogens is 457 g/mol. The summed E-state index contributed by atoms with van der Waals surface area (Å²) in [5, 5.41) is 3.35. The van der Waals surface area contributed by atoms with Gasteiger partial charge in [0.1, 0.15) is 0 Å². The van der Waals surface area contributed by atoms with E-state index in [4.69, 9.17) is 23.2 Å². The van der Waals surface area contributed by atoms with Crippen LogP contribution in [0.5, 0.6) is 0 Å². The quantitative estimate of drug-likeness (QED) is 0.568. The van der Waals surface area contributed by atoms with Gasteiger partial charge in [-0.2, -0.15) is 0 Å². The number of nitrogens with one attached hydrogen (secondary N) is 3. The van der Waals surface area contributed by atoms with E-state index in [0.717, 1.165) is 10.0 Å². The Morgan fingerprint density at radius 3 is 2.33 bits per heavy atom. The van der Waals surface area contributed by atoms with Gasteiger partial charge in [0.15, 0.2) is 0 Å². The summed E-state index contributed by atoms with van der Waals surface area (Å²) in [5.41, 5.74) is 6.37. The molecule has 0 aliphatic carbocycles. The number of aryl methyl sites for hydroxylation is 1. The molecule has 0 atom stereocenters. The lowest BCUT2D eigenvalue weighted by molar-refractivity contribution is -0.124. The summed E-state index contributed by atoms with van der Waals surface area (Å²) in [6.45, 7) is 1.90. The van der Waals surface area contributed by atoms with E-state index in [1.807, 2.05) is 6.92 Å². The van der Waals surface area contributed by atoms with E-state index in [1.165, 1.54) is 6.07 Å². The third kappa shape index (κ3) is 6.53. The number of carbonyl (C=O) groups is 3. The second-order valence-electron chi connectivity index (χ2n) is 5.64. The lowest BCUT2D eigenvalue weighted by Crippen LogP contribution is -2.41. The van der Waals surface area contributed by atoms with Gasteiger partial charge in [0.2, 0.25) is 11.8 Å². The minimum atomic E-state index is -0.494. The zero-order valence-corrected chi connectivity index (χ0v) is 17.3. The summed E-state index contributed by atoms with van der Waals surface area (Å²) in [4.78, 5) is 35.7. The highest BCUT2D eigenvalue weighted by atomic mass is 79.9. The SMILES string of the molecule is Cc1ccc(C(=O)NNC(=O)CCC(=O)Nc2ccc(Cl)cc2Cl)cc1Br. The van der Waals surface area contributed by atoms with Crippen molar-refractivity contribution in [1.82, 2.24) is 10.9 Å². The van der Waals surface area contributed by atoms with Crippen LogP contribution in [0.4, 0.5) is 5.69 Å². The highest BCUT2D eigenvalue weighted by Crippen LogP contribution is 2.25. The Balaban J connectivity index is 1.77. The van der Waals surface area contributed by atoms with Crippen LogP contribution in [0.2, 0.25) is 10.0 Å². The molecule has 27 heavy (non-hydrogen) atoms. The molecule has 0 spiro atoms. The van der Waals surface area contributed by atoms with Crippen molar-refractivity contribution in [2.24, 2.45) is 0 Å². The van der Waals surface area contributed by atoms with Gasteiger partial charge in [-0.15, -0.1) is 0 Å². The highest BCUT2D eigenvalue weighted by Gasteiger charge is 2.11. The predicted molar refractivity (Wildman–Crippen MR) is 109 cm³/mol. The largest absolute Gasteiger partial charge is 0.325 e. The number of carbonyl (C=O) groups excluding carboxylic acids is 3. The lowest BCUT2D eigenvalue weighted by Gasteiger charge is -2.09. The molecule has 3 N–H and O–H groups in total. The number of benzene rings is 2. The van der Waals surface area contributed by atoms with Gasteiger partial charge >= 0.3 is 0 Å². The van der Waals surface area contributed by atoms with Crippen LogP contribution < -0.4 is 16.2 Å². The van der Waals surface area contributed by atoms with Crippen molar-refractivity contribution in [1.29, 1.82) is 0 Å². The number of amides is 3. The lowest BCUT2D eigenvalue weighted by atomic mass is 10.1. The topological polar surface area (TPSA) is 87.3 Å². The van der Waals surface area contributed by atoms with Crippen LogP contribution in [-0.4, -0.2) is 17.7 Å². The molecule has 0 aliphatic rings. The number of hydrogen-bond donors (Lipinski definition) is 3. The molecule has 3 amide bonds. The molecule has 0 aromatic heterocycles. The maximum absolute atomic E-state index is 12.0. The molecule has 2 aromatic carbocycles. The van der Waals surface area contributed by atoms with Crippen molar-refractivity contribution in [3.05, 3.63) is 62.0 Å². The number of hydrogen-bond acceptors (Lipinski definition) is 3. The average molecular weight is 473 g/mol. The maximum atomic E-state index is 12.0. The van der Waals surface area contributed by atoms with Crippen LogP contribution in [0, 0.1) is 6.92 Å². The minimum Gasteiger partial charge on any atom is -0.325 e. The Morgan fingerprint density at radius 1 is 0.963 bits per heavy atom. The summed E-state index contributed by atoms with van der Waals surface area (Å²) in [6.07, 6.45) is -0.175. The second kappa shape index (κ2) is 9.73. The summed E-state index contributed by atoms with van der Waals surface area (Å²) in [7, 11) is 0. The molecule has 0 saturated heterocycles. The first-order valence-electron chi connectivity index (χ1n) is 7.86. The van der Waals surface area contributed by atoms with Gasteiger partial charge in [-0.05, 0) is 42.8 Å². The van der Waals surface area contributed by atoms with Gasteiger partial charge in [-0.3, -0.25) is 25.2 Å². The van der Waals surface area contributed by atoms with Gasteiger partial charge in [-0.25, -0.2) is 0 Å². The van der Waals surface area contributed by atoms with Gasteiger partial charge in [0.05, 0.1) is 10.7 Å². The van der Waals surface area contributed by atoms with Crippen LogP contribution in [0.3, 0.4) is 0 Å². The number of halogens is 3. The first-order valence-corrected chi connectivity index (χ1v) is 9.41. The predicted octanol–water partition coefficient (Wildman–Crippen LogP) is 4.24. The first-order chi connectivity index (χ1) is 12.8. The Labute approximate surface area is 174 Å². The van der Waals surface area contributed by atoms with Gasteiger partial charge in [-0.1, -0.05) is 45.2 Å². The monoisotopic (exact) mass is 471 g/mol. The first kappa shape index (κ1) is 21.2. The number of anilines is 1. The summed E-state index contributed by atoms with van der Waals surface area (Å²) < 4.78 is 0.791. The van der Waals surface area contributed by atoms with Gasteiger partial charge in [0, 0.05) is 27.9 Å². The van der Waals surface area contributed by atoms with Crippen molar-refractivity contribution in [2.45, 2.75) is 19.8 Å². The van der Waals surface area contributed by atoms with Crippen LogP contribution in [-0.2, 0) is 9.59 Å². The number of hydrazine groups is 1. The zero-order chi connectivity index (χ0) is 20.0. The van der Waals surface area contributed by atoms with Crippen molar-refractivity contribution in [2.75, 3.05) is 5.32 Å². The molecule has 0 bridgehead atoms. The summed E-state index contributed by atoms with van der Waals surface area (Å²) in [5.74, 6) is -1.34. The Bertz CT molecular complexity index is 890. The third-order valence-corrected chi connectivity index (χ3v) is 4.94. The molecule has 0 unspecified atom stereocenters. The van der Waals surface area contributed by atoms with Crippen LogP contribution in [0.15, 0.2) is 40.9 Å². The molecule has 2 aromatic rings. The molecule has 0 saturated carbocycles. The van der Waals surface area contributed by atoms with Crippen molar-refractivity contribution in [3.8, 4) is 0 Å². The molecule has 142 valence electrons. The molecule has 0 fully saturated rings. The van der Waals surface area contributed by atoms with E-state index < -0.39 is 11.8 Å². The Morgan fingerprint density at radius 2 is 1.67 bits per heavy atom. The third-order valence-electron chi connectivity index (χ3n) is 3.53. The van der Waals surface area contributed by atoms with Crippen LogP contribution in [0.1, 0.15) is 28.8 Å². The molecule has 0 radical (unpaired) electrons. The second-order valence-corrected chi connectivity index (χ2v) is 7.34. The fourth-order valence-electron chi connectivity index (χ4n) is 2.03. The fourth-order valence-corrected chi connectivity index (χ4v) is 2.86. The molecule has 6 nitrogen and oxygen atoms in total. The standard InChI is InChI=1S/C18H16BrCl2N3O3/c1-10-2-3-11(8-13(10)19)18(27)24-23-17(26)7-6-16(25)22-15-5-4-12(20)9-14(15)21/h2-5,8-9H,6-7H2,1H3,(H,22,25)(H,23,26)(H,24,27). The zero-order valence-electron chi connectivity index (χ0n) is 14.2. The summed E-state index contributed by atoms with van der Waals surface area (Å²) in [6, 6.07) is 9.75. The molecule has 0 aliphatic heterocycles. The highest BCUT2D eigenvalue weighted by molar-refractivity contribution is 9.10. The summed E-state index contributed by atoms with van der Waals surface area (Å²) >= 11 is 15.1. The van der Waals surface area contributed by atoms with E-state index >= 15 is 0 Å². The molecular formula is C18H16BrCl2N3O3. The molecule has 2 rings (SSSR count). The fraction of sp³-hybridized carbons (Fsp3) is 0.167. The van der Waals surface area contributed by atoms with Gasteiger partial charge < -0.3 is 5.32 Å². The normalized spacial score (nSPS) is 10.2. The smallest absolute Gasteiger partial charge is 0.269 e. The van der Waals surface area contributed by atoms with E-state index in [9.17, 15) is 14.4 Å². The van der Waals surface area contributed by atoms with E-state index in [1.54, 1.807) is 30.3 Å².